The van der Waals surface area contributed by atoms with Crippen LogP contribution in [-0.2, 0) is 4.74 Å². The molecule has 2 heterocycles. The minimum atomic E-state index is -0.102. The molecule has 96 valence electrons. The van der Waals surface area contributed by atoms with E-state index in [1.165, 1.54) is 21.9 Å². The van der Waals surface area contributed by atoms with Crippen LogP contribution in [0.25, 0.3) is 10.9 Å². The van der Waals surface area contributed by atoms with E-state index in [2.05, 4.69) is 15.3 Å². The number of hydrogen-bond donors (Lipinski definition) is 1. The molecule has 1 aromatic heterocycles. The van der Waals surface area contributed by atoms with Gasteiger partial charge in [0.05, 0.1) is 24.3 Å². The molecule has 0 aliphatic carbocycles. The fraction of sp³-hybridized carbons (Fsp3) is 0.462. The largest absolute Gasteiger partial charge is 0.394 e. The van der Waals surface area contributed by atoms with Crippen molar-refractivity contribution in [2.45, 2.75) is 19.1 Å². The van der Waals surface area contributed by atoms with Crippen molar-refractivity contribution in [1.82, 2.24) is 4.37 Å². The van der Waals surface area contributed by atoms with Gasteiger partial charge in [0.25, 0.3) is 0 Å². The van der Waals surface area contributed by atoms with E-state index in [0.717, 1.165) is 18.6 Å². The predicted octanol–water partition coefficient (Wildman–Crippen LogP) is 1.88. The van der Waals surface area contributed by atoms with Gasteiger partial charge in [-0.1, -0.05) is 12.1 Å². The van der Waals surface area contributed by atoms with Crippen LogP contribution in [0.15, 0.2) is 24.3 Å². The molecule has 0 radical (unpaired) electrons. The van der Waals surface area contributed by atoms with Crippen LogP contribution in [0.3, 0.4) is 0 Å². The van der Waals surface area contributed by atoms with Crippen LogP contribution >= 0.6 is 11.5 Å². The number of hydrogen-bond acceptors (Lipinski definition) is 5. The molecule has 1 aliphatic rings. The molecule has 18 heavy (non-hydrogen) atoms. The first-order chi connectivity index (χ1) is 8.78. The van der Waals surface area contributed by atoms with Crippen molar-refractivity contribution in [2.75, 3.05) is 24.6 Å². The summed E-state index contributed by atoms with van der Waals surface area (Å²) in [5, 5.41) is 11.6. The molecule has 1 fully saturated rings. The zero-order chi connectivity index (χ0) is 12.5. The van der Waals surface area contributed by atoms with Crippen LogP contribution in [0.1, 0.15) is 6.92 Å². The van der Waals surface area contributed by atoms with Crippen molar-refractivity contribution >= 4 is 27.4 Å². The summed E-state index contributed by atoms with van der Waals surface area (Å²) >= 11 is 1.52. The van der Waals surface area contributed by atoms with E-state index in [9.17, 15) is 5.11 Å². The number of anilines is 1. The highest BCUT2D eigenvalue weighted by atomic mass is 32.1. The first-order valence-corrected chi connectivity index (χ1v) is 6.91. The molecule has 3 rings (SSSR count). The van der Waals surface area contributed by atoms with Crippen molar-refractivity contribution < 1.29 is 9.84 Å². The summed E-state index contributed by atoms with van der Waals surface area (Å²) in [5.41, 5.74) is 1.04. The highest BCUT2D eigenvalue weighted by molar-refractivity contribution is 7.11. The van der Waals surface area contributed by atoms with Gasteiger partial charge in [-0.2, -0.15) is 4.37 Å². The number of aliphatic hydroxyl groups excluding tert-OH is 1. The minimum Gasteiger partial charge on any atom is -0.394 e. The maximum Gasteiger partial charge on any atom is 0.120 e. The van der Waals surface area contributed by atoms with Crippen molar-refractivity contribution in [3.05, 3.63) is 24.3 Å². The number of ether oxygens (including phenoxy) is 1. The van der Waals surface area contributed by atoms with E-state index >= 15 is 0 Å². The predicted molar refractivity (Wildman–Crippen MR) is 73.3 cm³/mol. The summed E-state index contributed by atoms with van der Waals surface area (Å²) < 4.78 is 10.1. The van der Waals surface area contributed by atoms with E-state index in [0.29, 0.717) is 0 Å². The molecule has 1 aromatic carbocycles. The molecule has 1 saturated heterocycles. The van der Waals surface area contributed by atoms with Gasteiger partial charge in [-0.3, -0.25) is 0 Å². The summed E-state index contributed by atoms with van der Waals surface area (Å²) in [4.78, 5) is 2.27. The third-order valence-corrected chi connectivity index (χ3v) is 4.12. The van der Waals surface area contributed by atoms with Crippen LogP contribution in [-0.4, -0.2) is 41.4 Å². The molecular formula is C13H16N2O2S. The molecule has 5 heteroatoms. The highest BCUT2D eigenvalue weighted by Crippen LogP contribution is 2.32. The Morgan fingerprint density at radius 2 is 2.28 bits per heavy atom. The lowest BCUT2D eigenvalue weighted by molar-refractivity contribution is -0.0418. The lowest BCUT2D eigenvalue weighted by Gasteiger charge is -2.36. The Morgan fingerprint density at radius 3 is 3.11 bits per heavy atom. The fourth-order valence-electron chi connectivity index (χ4n) is 2.42. The summed E-state index contributed by atoms with van der Waals surface area (Å²) in [6.07, 6.45) is 0.0337. The van der Waals surface area contributed by atoms with Gasteiger partial charge in [-0.05, 0) is 30.6 Å². The Hall–Kier alpha value is -1.17. The van der Waals surface area contributed by atoms with Gasteiger partial charge in [0.15, 0.2) is 0 Å². The summed E-state index contributed by atoms with van der Waals surface area (Å²) in [6.45, 7) is 3.69. The molecule has 2 aromatic rings. The van der Waals surface area contributed by atoms with E-state index < -0.39 is 0 Å². The van der Waals surface area contributed by atoms with Crippen molar-refractivity contribution in [3.63, 3.8) is 0 Å². The number of benzene rings is 1. The number of aromatic nitrogens is 1. The Labute approximate surface area is 110 Å². The third kappa shape index (κ3) is 2.09. The third-order valence-electron chi connectivity index (χ3n) is 3.18. The van der Waals surface area contributed by atoms with Crippen LogP contribution in [0, 0.1) is 0 Å². The lowest BCUT2D eigenvalue weighted by atomic mass is 10.2. The van der Waals surface area contributed by atoms with Gasteiger partial charge in [-0.15, -0.1) is 0 Å². The average molecular weight is 264 g/mol. The smallest absolute Gasteiger partial charge is 0.120 e. The van der Waals surface area contributed by atoms with E-state index in [-0.39, 0.29) is 18.8 Å². The Balaban J connectivity index is 1.93. The molecule has 1 N–H and O–H groups in total. The Bertz CT molecular complexity index is 543. The molecule has 0 saturated carbocycles. The second kappa shape index (κ2) is 4.84. The first-order valence-electron chi connectivity index (χ1n) is 6.13. The Morgan fingerprint density at radius 1 is 1.44 bits per heavy atom. The maximum atomic E-state index is 9.27. The summed E-state index contributed by atoms with van der Waals surface area (Å²) in [6, 6.07) is 8.17. The second-order valence-electron chi connectivity index (χ2n) is 4.66. The Kier molecular flexibility index (Phi) is 3.20. The van der Waals surface area contributed by atoms with Crippen LogP contribution < -0.4 is 4.90 Å². The molecule has 1 aliphatic heterocycles. The maximum absolute atomic E-state index is 9.27. The standard InChI is InChI=1S/C13H16N2O2S/c1-9-6-15(7-10(8-16)17-9)13-11-4-2-3-5-12(11)14-18-13/h2-5,9-10,16H,6-8H2,1H3. The first kappa shape index (κ1) is 11.9. The lowest BCUT2D eigenvalue weighted by Crippen LogP contribution is -2.47. The molecule has 0 bridgehead atoms. The molecular weight excluding hydrogens is 248 g/mol. The van der Waals surface area contributed by atoms with E-state index in [1.807, 2.05) is 25.1 Å². The zero-order valence-corrected chi connectivity index (χ0v) is 11.1. The van der Waals surface area contributed by atoms with Crippen molar-refractivity contribution in [1.29, 1.82) is 0 Å². The van der Waals surface area contributed by atoms with E-state index in [1.54, 1.807) is 0 Å². The average Bonchev–Trinajstić information content (AvgIpc) is 2.81. The van der Waals surface area contributed by atoms with Crippen molar-refractivity contribution in [2.24, 2.45) is 0 Å². The van der Waals surface area contributed by atoms with Gasteiger partial charge in [-0.25, -0.2) is 0 Å². The number of morpholine rings is 1. The minimum absolute atomic E-state index is 0.0670. The summed E-state index contributed by atoms with van der Waals surface area (Å²) in [5.74, 6) is 0. The van der Waals surface area contributed by atoms with Gasteiger partial charge in [0.1, 0.15) is 5.00 Å². The number of fused-ring (bicyclic) bond motifs is 1. The second-order valence-corrected chi connectivity index (χ2v) is 5.41. The molecule has 2 unspecified atom stereocenters. The van der Waals surface area contributed by atoms with Crippen LogP contribution in [0.2, 0.25) is 0 Å². The molecule has 2 atom stereocenters. The number of nitrogens with zero attached hydrogens (tertiary/aromatic N) is 2. The number of rotatable bonds is 2. The quantitative estimate of drug-likeness (QED) is 0.899. The van der Waals surface area contributed by atoms with Gasteiger partial charge in [0.2, 0.25) is 0 Å². The molecule has 0 spiro atoms. The fourth-order valence-corrected chi connectivity index (χ4v) is 3.30. The van der Waals surface area contributed by atoms with Crippen LogP contribution in [0.4, 0.5) is 5.00 Å². The summed E-state index contributed by atoms with van der Waals surface area (Å²) in [7, 11) is 0. The van der Waals surface area contributed by atoms with Crippen molar-refractivity contribution in [3.8, 4) is 0 Å². The normalized spacial score (nSPS) is 24.7. The van der Waals surface area contributed by atoms with Gasteiger partial charge >= 0.3 is 0 Å². The molecule has 4 nitrogen and oxygen atoms in total. The van der Waals surface area contributed by atoms with Gasteiger partial charge in [0, 0.05) is 18.5 Å². The van der Waals surface area contributed by atoms with Crippen LogP contribution in [0.5, 0.6) is 0 Å². The topological polar surface area (TPSA) is 45.6 Å². The zero-order valence-electron chi connectivity index (χ0n) is 10.2. The van der Waals surface area contributed by atoms with E-state index in [4.69, 9.17) is 4.74 Å². The molecule has 0 amide bonds. The van der Waals surface area contributed by atoms with Gasteiger partial charge < -0.3 is 14.7 Å². The number of aliphatic hydroxyl groups is 1. The SMILES string of the molecule is CC1CN(c2snc3ccccc23)CC(CO)O1. The monoisotopic (exact) mass is 264 g/mol. The highest BCUT2D eigenvalue weighted by Gasteiger charge is 2.26.